The first kappa shape index (κ1) is 20.9. The van der Waals surface area contributed by atoms with Crippen molar-refractivity contribution in [2.75, 3.05) is 33.2 Å². The van der Waals surface area contributed by atoms with Gasteiger partial charge in [0.15, 0.2) is 0 Å². The molecule has 1 aromatic carbocycles. The van der Waals surface area contributed by atoms with Crippen molar-refractivity contribution >= 4 is 5.91 Å². The number of ether oxygens (including phenoxy) is 1. The van der Waals surface area contributed by atoms with Gasteiger partial charge in [-0.15, -0.1) is 0 Å². The molecule has 1 amide bonds. The third kappa shape index (κ3) is 7.85. The van der Waals surface area contributed by atoms with E-state index >= 15 is 0 Å². The highest BCUT2D eigenvalue weighted by Gasteiger charge is 2.20. The Balaban J connectivity index is 1.64. The molecule has 0 aliphatic carbocycles. The van der Waals surface area contributed by atoms with Gasteiger partial charge in [0.1, 0.15) is 0 Å². The van der Waals surface area contributed by atoms with Gasteiger partial charge in [-0.05, 0) is 76.8 Å². The van der Waals surface area contributed by atoms with Crippen molar-refractivity contribution in [3.8, 4) is 0 Å². The van der Waals surface area contributed by atoms with E-state index in [9.17, 15) is 4.79 Å². The van der Waals surface area contributed by atoms with Crippen LogP contribution in [0.25, 0.3) is 0 Å². The molecule has 2 N–H and O–H groups in total. The zero-order valence-corrected chi connectivity index (χ0v) is 16.6. The molecule has 0 bridgehead atoms. The molecule has 0 radical (unpaired) electrons. The molecule has 146 valence electrons. The number of hydrogen-bond acceptors (Lipinski definition) is 4. The Morgan fingerprint density at radius 1 is 1.19 bits per heavy atom. The van der Waals surface area contributed by atoms with Crippen LogP contribution in [0.4, 0.5) is 0 Å². The fourth-order valence-electron chi connectivity index (χ4n) is 3.26. The van der Waals surface area contributed by atoms with Gasteiger partial charge in [0, 0.05) is 6.54 Å². The molecular formula is C21H35N3O2. The normalized spacial score (nSPS) is 16.2. The number of nitrogens with zero attached hydrogens (tertiary/aromatic N) is 1. The molecule has 0 aromatic heterocycles. The summed E-state index contributed by atoms with van der Waals surface area (Å²) in [6.45, 7) is 8.96. The van der Waals surface area contributed by atoms with Crippen LogP contribution < -0.4 is 10.6 Å². The van der Waals surface area contributed by atoms with Gasteiger partial charge >= 0.3 is 0 Å². The van der Waals surface area contributed by atoms with Crippen molar-refractivity contribution in [3.05, 3.63) is 35.4 Å². The van der Waals surface area contributed by atoms with Crippen LogP contribution in [0.1, 0.15) is 44.2 Å². The number of carbonyl (C=O) groups excluding carboxylic acids is 1. The first-order valence-electron chi connectivity index (χ1n) is 9.90. The minimum atomic E-state index is 0.117. The number of benzene rings is 1. The minimum Gasteiger partial charge on any atom is -0.374 e. The summed E-state index contributed by atoms with van der Waals surface area (Å²) in [5.41, 5.74) is 2.28. The third-order valence-corrected chi connectivity index (χ3v) is 4.97. The van der Waals surface area contributed by atoms with Crippen LogP contribution in [0.15, 0.2) is 24.3 Å². The summed E-state index contributed by atoms with van der Waals surface area (Å²) in [5, 5.41) is 6.26. The lowest BCUT2D eigenvalue weighted by Gasteiger charge is -2.31. The third-order valence-electron chi connectivity index (χ3n) is 4.97. The fourth-order valence-corrected chi connectivity index (χ4v) is 3.26. The number of likely N-dealkylation sites (tertiary alicyclic amines) is 1. The smallest absolute Gasteiger partial charge is 0.234 e. The number of nitrogens with one attached hydrogen (secondary N) is 2. The minimum absolute atomic E-state index is 0.117. The molecule has 5 heteroatoms. The van der Waals surface area contributed by atoms with Crippen molar-refractivity contribution < 1.29 is 9.53 Å². The van der Waals surface area contributed by atoms with Gasteiger partial charge in [-0.25, -0.2) is 0 Å². The Kier molecular flexibility index (Phi) is 9.09. The molecule has 5 nitrogen and oxygen atoms in total. The van der Waals surface area contributed by atoms with Crippen LogP contribution in [0, 0.1) is 5.92 Å². The van der Waals surface area contributed by atoms with Crippen molar-refractivity contribution in [3.63, 3.8) is 0 Å². The van der Waals surface area contributed by atoms with E-state index in [1.54, 1.807) is 0 Å². The highest BCUT2D eigenvalue weighted by molar-refractivity contribution is 5.78. The van der Waals surface area contributed by atoms with Crippen molar-refractivity contribution in [2.45, 2.75) is 52.4 Å². The number of amides is 1. The van der Waals surface area contributed by atoms with Crippen LogP contribution in [-0.2, 0) is 22.7 Å². The van der Waals surface area contributed by atoms with E-state index in [4.69, 9.17) is 4.74 Å². The van der Waals surface area contributed by atoms with Gasteiger partial charge in [0.25, 0.3) is 0 Å². The predicted octanol–water partition coefficient (Wildman–Crippen LogP) is 2.55. The summed E-state index contributed by atoms with van der Waals surface area (Å²) < 4.78 is 5.60. The quantitative estimate of drug-likeness (QED) is 0.672. The predicted molar refractivity (Wildman–Crippen MR) is 106 cm³/mol. The van der Waals surface area contributed by atoms with Gasteiger partial charge in [-0.3, -0.25) is 9.69 Å². The average molecular weight is 362 g/mol. The fraction of sp³-hybridized carbons (Fsp3) is 0.667. The lowest BCUT2D eigenvalue weighted by molar-refractivity contribution is -0.122. The second-order valence-electron chi connectivity index (χ2n) is 7.56. The molecule has 0 saturated carbocycles. The average Bonchev–Trinajstić information content (AvgIpc) is 2.65. The number of piperidine rings is 1. The SMILES string of the molecule is CNCCC1CCN(CC(=O)NCc2ccc(COC(C)C)cc2)CC1. The summed E-state index contributed by atoms with van der Waals surface area (Å²) in [7, 11) is 2.01. The summed E-state index contributed by atoms with van der Waals surface area (Å²) in [6.07, 6.45) is 3.89. The maximum Gasteiger partial charge on any atom is 0.234 e. The van der Waals surface area contributed by atoms with E-state index in [2.05, 4.69) is 39.8 Å². The molecule has 1 fully saturated rings. The van der Waals surface area contributed by atoms with Gasteiger partial charge in [0.05, 0.1) is 19.3 Å². The first-order valence-corrected chi connectivity index (χ1v) is 9.90. The van der Waals surface area contributed by atoms with Crippen molar-refractivity contribution in [1.29, 1.82) is 0 Å². The number of rotatable bonds is 10. The topological polar surface area (TPSA) is 53.6 Å². The van der Waals surface area contributed by atoms with Gasteiger partial charge < -0.3 is 15.4 Å². The second-order valence-corrected chi connectivity index (χ2v) is 7.56. The molecule has 1 heterocycles. The van der Waals surface area contributed by atoms with E-state index in [0.717, 1.165) is 36.7 Å². The van der Waals surface area contributed by atoms with E-state index < -0.39 is 0 Å². The molecule has 1 aromatic rings. The summed E-state index contributed by atoms with van der Waals surface area (Å²) >= 11 is 0. The van der Waals surface area contributed by atoms with Crippen molar-refractivity contribution in [2.24, 2.45) is 5.92 Å². The van der Waals surface area contributed by atoms with E-state index in [1.807, 2.05) is 20.9 Å². The number of carbonyl (C=O) groups is 1. The van der Waals surface area contributed by atoms with Gasteiger partial charge in [-0.2, -0.15) is 0 Å². The Morgan fingerprint density at radius 2 is 1.85 bits per heavy atom. The summed E-state index contributed by atoms with van der Waals surface area (Å²) in [5.74, 6) is 0.922. The summed E-state index contributed by atoms with van der Waals surface area (Å²) in [4.78, 5) is 14.5. The first-order chi connectivity index (χ1) is 12.6. The van der Waals surface area contributed by atoms with E-state index in [0.29, 0.717) is 19.7 Å². The van der Waals surface area contributed by atoms with E-state index in [-0.39, 0.29) is 12.0 Å². The Morgan fingerprint density at radius 3 is 2.46 bits per heavy atom. The van der Waals surface area contributed by atoms with Crippen LogP contribution in [0.5, 0.6) is 0 Å². The highest BCUT2D eigenvalue weighted by atomic mass is 16.5. The van der Waals surface area contributed by atoms with Crippen LogP contribution in [-0.4, -0.2) is 50.1 Å². The highest BCUT2D eigenvalue weighted by Crippen LogP contribution is 2.19. The Bertz CT molecular complexity index is 523. The van der Waals surface area contributed by atoms with Gasteiger partial charge in [0.2, 0.25) is 5.91 Å². The lowest BCUT2D eigenvalue weighted by atomic mass is 9.93. The maximum atomic E-state index is 12.2. The summed E-state index contributed by atoms with van der Waals surface area (Å²) in [6, 6.07) is 8.26. The van der Waals surface area contributed by atoms with Crippen molar-refractivity contribution in [1.82, 2.24) is 15.5 Å². The monoisotopic (exact) mass is 361 g/mol. The molecule has 2 rings (SSSR count). The Labute approximate surface area is 158 Å². The molecule has 1 aliphatic heterocycles. The van der Waals surface area contributed by atoms with Crippen LogP contribution in [0.3, 0.4) is 0 Å². The lowest BCUT2D eigenvalue weighted by Crippen LogP contribution is -2.41. The second kappa shape index (κ2) is 11.3. The molecular weight excluding hydrogens is 326 g/mol. The van der Waals surface area contributed by atoms with Crippen LogP contribution in [0.2, 0.25) is 0 Å². The molecule has 0 unspecified atom stereocenters. The Hall–Kier alpha value is -1.43. The maximum absolute atomic E-state index is 12.2. The molecule has 1 aliphatic rings. The molecule has 1 saturated heterocycles. The molecule has 0 atom stereocenters. The van der Waals surface area contributed by atoms with Crippen LogP contribution >= 0.6 is 0 Å². The molecule has 0 spiro atoms. The largest absolute Gasteiger partial charge is 0.374 e. The zero-order valence-electron chi connectivity index (χ0n) is 16.6. The van der Waals surface area contributed by atoms with Gasteiger partial charge in [-0.1, -0.05) is 24.3 Å². The zero-order chi connectivity index (χ0) is 18.8. The number of hydrogen-bond donors (Lipinski definition) is 2. The van der Waals surface area contributed by atoms with E-state index in [1.165, 1.54) is 19.3 Å². The standard InChI is InChI=1S/C21H35N3O2/c1-17(2)26-16-20-6-4-19(5-7-20)14-23-21(25)15-24-12-9-18(10-13-24)8-11-22-3/h4-7,17-18,22H,8-16H2,1-3H3,(H,23,25). The molecule has 26 heavy (non-hydrogen) atoms.